The van der Waals surface area contributed by atoms with E-state index in [2.05, 4.69) is 20.8 Å². The first-order valence-electron chi connectivity index (χ1n) is 11.5. The Morgan fingerprint density at radius 3 is 2.72 bits per heavy atom. The van der Waals surface area contributed by atoms with Crippen molar-refractivity contribution >= 4 is 17.5 Å². The Kier molecular flexibility index (Phi) is 8.81. The van der Waals surface area contributed by atoms with Gasteiger partial charge in [-0.15, -0.1) is 4.91 Å². The summed E-state index contributed by atoms with van der Waals surface area (Å²) < 4.78 is 0. The van der Waals surface area contributed by atoms with E-state index in [9.17, 15) is 14.5 Å². The monoisotopic (exact) mass is 445 g/mol. The summed E-state index contributed by atoms with van der Waals surface area (Å²) in [7, 11) is 0. The van der Waals surface area contributed by atoms with Gasteiger partial charge in [0.25, 0.3) is 5.91 Å². The lowest BCUT2D eigenvalue weighted by atomic mass is 10.0. The minimum Gasteiger partial charge on any atom is -0.372 e. The van der Waals surface area contributed by atoms with Gasteiger partial charge < -0.3 is 21.3 Å². The van der Waals surface area contributed by atoms with E-state index in [4.69, 9.17) is 11.6 Å². The summed E-state index contributed by atoms with van der Waals surface area (Å²) in [5.74, 6) is 5.06. The van der Waals surface area contributed by atoms with Gasteiger partial charge in [0.1, 0.15) is 6.04 Å². The molecule has 176 valence electrons. The highest BCUT2D eigenvalue weighted by Gasteiger charge is 2.32. The number of carbonyl (C=O) groups excluding carboxylic acids is 2. The van der Waals surface area contributed by atoms with Crippen molar-refractivity contribution in [1.82, 2.24) is 15.8 Å². The van der Waals surface area contributed by atoms with Gasteiger partial charge in [0.2, 0.25) is 5.91 Å². The Labute approximate surface area is 189 Å². The zero-order valence-corrected chi connectivity index (χ0v) is 18.5. The lowest BCUT2D eigenvalue weighted by Gasteiger charge is -2.26. The molecule has 2 fully saturated rings. The maximum atomic E-state index is 13.0. The first kappa shape index (κ1) is 23.9. The summed E-state index contributed by atoms with van der Waals surface area (Å²) >= 11 is 0. The number of nitrogens with two attached hydrogens (primary N) is 2. The van der Waals surface area contributed by atoms with Crippen molar-refractivity contribution in [3.05, 3.63) is 34.7 Å². The molecule has 1 aromatic rings. The molecule has 2 aliphatic rings. The van der Waals surface area contributed by atoms with Crippen molar-refractivity contribution in [3.8, 4) is 0 Å². The average Bonchev–Trinajstić information content (AvgIpc) is 3.49. The van der Waals surface area contributed by atoms with E-state index in [1.807, 2.05) is 18.2 Å². The number of nitroso groups, excluding NO2 is 1. The highest BCUT2D eigenvalue weighted by atomic mass is 16.3. The number of nitrogens with one attached hydrogen (secondary N) is 2. The van der Waals surface area contributed by atoms with Gasteiger partial charge in [-0.05, 0) is 63.3 Å². The van der Waals surface area contributed by atoms with Crippen LogP contribution in [0.15, 0.2) is 29.6 Å². The molecule has 1 aliphatic carbocycles. The Balaban J connectivity index is 1.64. The molecule has 1 aromatic carbocycles. The molecule has 32 heavy (non-hydrogen) atoms. The molecule has 3 atom stereocenters. The SMILES string of the molecule is NCCCC(NC(=O)c1cccc(N2CCCC2)c1)C(=O)NC1CCCC1CN(N)N=O. The number of rotatable bonds is 11. The van der Waals surface area contributed by atoms with Gasteiger partial charge in [0, 0.05) is 36.3 Å². The summed E-state index contributed by atoms with van der Waals surface area (Å²) in [6, 6.07) is 6.75. The Morgan fingerprint density at radius 1 is 1.22 bits per heavy atom. The number of hydrazine groups is 1. The molecule has 1 aliphatic heterocycles. The Hall–Kier alpha value is -2.72. The summed E-state index contributed by atoms with van der Waals surface area (Å²) in [5, 5.41) is 9.54. The number of hydrogen-bond donors (Lipinski definition) is 4. The number of carbonyl (C=O) groups is 2. The normalized spacial score (nSPS) is 21.2. The van der Waals surface area contributed by atoms with Gasteiger partial charge in [0.05, 0.1) is 11.8 Å². The number of anilines is 1. The van der Waals surface area contributed by atoms with Crippen molar-refractivity contribution in [2.24, 2.45) is 22.8 Å². The van der Waals surface area contributed by atoms with E-state index >= 15 is 0 Å². The van der Waals surface area contributed by atoms with Crippen molar-refractivity contribution in [2.75, 3.05) is 31.1 Å². The highest BCUT2D eigenvalue weighted by Crippen LogP contribution is 2.26. The van der Waals surface area contributed by atoms with Crippen LogP contribution in [0.5, 0.6) is 0 Å². The molecule has 10 nitrogen and oxygen atoms in total. The van der Waals surface area contributed by atoms with Crippen LogP contribution >= 0.6 is 0 Å². The van der Waals surface area contributed by atoms with Gasteiger partial charge in [-0.2, -0.15) is 5.12 Å². The topological polar surface area (TPSA) is 146 Å². The first-order chi connectivity index (χ1) is 15.5. The smallest absolute Gasteiger partial charge is 0.252 e. The van der Waals surface area contributed by atoms with Crippen LogP contribution in [-0.2, 0) is 4.79 Å². The van der Waals surface area contributed by atoms with E-state index in [-0.39, 0.29) is 30.3 Å². The quantitative estimate of drug-likeness (QED) is 0.228. The van der Waals surface area contributed by atoms with Crippen molar-refractivity contribution in [3.63, 3.8) is 0 Å². The van der Waals surface area contributed by atoms with Crippen LogP contribution < -0.4 is 27.1 Å². The fraction of sp³-hybridized carbons (Fsp3) is 0.636. The molecular weight excluding hydrogens is 410 g/mol. The summed E-state index contributed by atoms with van der Waals surface area (Å²) in [6.45, 7) is 2.71. The van der Waals surface area contributed by atoms with E-state index in [1.165, 1.54) is 0 Å². The molecule has 1 saturated heterocycles. The number of hydrogen-bond acceptors (Lipinski definition) is 7. The van der Waals surface area contributed by atoms with Crippen molar-refractivity contribution < 1.29 is 9.59 Å². The first-order valence-corrected chi connectivity index (χ1v) is 11.5. The minimum atomic E-state index is -0.680. The third-order valence-electron chi connectivity index (χ3n) is 6.41. The average molecular weight is 446 g/mol. The molecule has 2 amide bonds. The van der Waals surface area contributed by atoms with Gasteiger partial charge >= 0.3 is 0 Å². The van der Waals surface area contributed by atoms with Crippen LogP contribution in [0.2, 0.25) is 0 Å². The van der Waals surface area contributed by atoms with Gasteiger partial charge in [0.15, 0.2) is 0 Å². The predicted molar refractivity (Wildman–Crippen MR) is 123 cm³/mol. The van der Waals surface area contributed by atoms with Crippen molar-refractivity contribution in [2.45, 2.75) is 57.0 Å². The standard InChI is InChI=1S/C22H35N7O3/c23-11-5-10-20(22(31)25-19-9-4-7-17(19)15-29(24)27-32)26-21(30)16-6-3-8-18(14-16)28-12-1-2-13-28/h3,6,8,14,17,19-20H,1-2,4-5,7,9-13,15,23-24H2,(H,25,31)(H,26,30). The fourth-order valence-corrected chi connectivity index (χ4v) is 4.65. The lowest BCUT2D eigenvalue weighted by molar-refractivity contribution is -0.124. The largest absolute Gasteiger partial charge is 0.372 e. The molecule has 0 spiro atoms. The maximum Gasteiger partial charge on any atom is 0.252 e. The summed E-state index contributed by atoms with van der Waals surface area (Å²) in [6.07, 6.45) is 5.98. The number of benzene rings is 1. The second-order valence-electron chi connectivity index (χ2n) is 8.71. The van der Waals surface area contributed by atoms with Crippen molar-refractivity contribution in [1.29, 1.82) is 0 Å². The second kappa shape index (κ2) is 11.8. The molecule has 0 bridgehead atoms. The third-order valence-corrected chi connectivity index (χ3v) is 6.41. The predicted octanol–water partition coefficient (Wildman–Crippen LogP) is 1.27. The summed E-state index contributed by atoms with van der Waals surface area (Å²) in [5.41, 5.74) is 7.22. The van der Waals surface area contributed by atoms with E-state index in [1.54, 1.807) is 6.07 Å². The zero-order chi connectivity index (χ0) is 22.9. The molecule has 3 rings (SSSR count). The van der Waals surface area contributed by atoms with Gasteiger partial charge in [-0.25, -0.2) is 5.84 Å². The Morgan fingerprint density at radius 2 is 2.00 bits per heavy atom. The molecule has 3 unspecified atom stereocenters. The molecule has 6 N–H and O–H groups in total. The van der Waals surface area contributed by atoms with E-state index < -0.39 is 6.04 Å². The second-order valence-corrected chi connectivity index (χ2v) is 8.71. The number of amides is 2. The molecule has 1 heterocycles. The fourth-order valence-electron chi connectivity index (χ4n) is 4.65. The van der Waals surface area contributed by atoms with Crippen LogP contribution in [0.3, 0.4) is 0 Å². The lowest BCUT2D eigenvalue weighted by Crippen LogP contribution is -2.51. The van der Waals surface area contributed by atoms with Gasteiger partial charge in [-0.1, -0.05) is 12.5 Å². The molecule has 0 aromatic heterocycles. The van der Waals surface area contributed by atoms with Crippen LogP contribution in [-0.4, -0.2) is 55.2 Å². The molecule has 10 heteroatoms. The third kappa shape index (κ3) is 6.39. The maximum absolute atomic E-state index is 13.0. The molecule has 1 saturated carbocycles. The highest BCUT2D eigenvalue weighted by molar-refractivity contribution is 5.98. The number of nitrogens with zero attached hydrogens (tertiary/aromatic N) is 3. The molecular formula is C22H35N7O3. The Bertz CT molecular complexity index is 785. The van der Waals surface area contributed by atoms with Crippen LogP contribution in [0.25, 0.3) is 0 Å². The van der Waals surface area contributed by atoms with E-state index in [0.717, 1.165) is 56.0 Å². The van der Waals surface area contributed by atoms with Crippen LogP contribution in [0.1, 0.15) is 55.3 Å². The molecule has 0 radical (unpaired) electrons. The van der Waals surface area contributed by atoms with Crippen LogP contribution in [0.4, 0.5) is 5.69 Å². The van der Waals surface area contributed by atoms with Gasteiger partial charge in [-0.3, -0.25) is 9.59 Å². The van der Waals surface area contributed by atoms with E-state index in [0.29, 0.717) is 24.9 Å². The van der Waals surface area contributed by atoms with Crippen LogP contribution in [0, 0.1) is 10.8 Å². The minimum absolute atomic E-state index is 0.0460. The summed E-state index contributed by atoms with van der Waals surface area (Å²) in [4.78, 5) is 38.9. The zero-order valence-electron chi connectivity index (χ0n) is 18.5.